The van der Waals surface area contributed by atoms with Gasteiger partial charge in [0, 0.05) is 12.0 Å². The van der Waals surface area contributed by atoms with E-state index in [4.69, 9.17) is 4.74 Å². The predicted molar refractivity (Wildman–Crippen MR) is 80.7 cm³/mol. The van der Waals surface area contributed by atoms with Gasteiger partial charge in [0.1, 0.15) is 17.2 Å². The van der Waals surface area contributed by atoms with E-state index >= 15 is 0 Å². The summed E-state index contributed by atoms with van der Waals surface area (Å²) >= 11 is 0. The Kier molecular flexibility index (Phi) is 3.96. The molecule has 21 heavy (non-hydrogen) atoms. The molecule has 1 N–H and O–H groups in total. The van der Waals surface area contributed by atoms with Gasteiger partial charge in [-0.15, -0.1) is 0 Å². The van der Waals surface area contributed by atoms with Gasteiger partial charge in [-0.1, -0.05) is 20.3 Å². The molecule has 3 unspecified atom stereocenters. The van der Waals surface area contributed by atoms with Gasteiger partial charge in [0.25, 0.3) is 0 Å². The molecule has 1 saturated carbocycles. The molecule has 0 saturated heterocycles. The zero-order chi connectivity index (χ0) is 15.0. The summed E-state index contributed by atoms with van der Waals surface area (Å²) in [7, 11) is 0. The fourth-order valence-electron chi connectivity index (χ4n) is 3.99. The molecule has 2 aliphatic rings. The second-order valence-electron chi connectivity index (χ2n) is 7.12. The molecule has 0 bridgehead atoms. The average molecular weight is 292 g/mol. The van der Waals surface area contributed by atoms with Gasteiger partial charge in [-0.25, -0.2) is 4.39 Å². The number of aliphatic hydroxyl groups is 1. The smallest absolute Gasteiger partial charge is 0.126 e. The van der Waals surface area contributed by atoms with E-state index in [1.54, 1.807) is 6.07 Å². The van der Waals surface area contributed by atoms with Gasteiger partial charge in [0.15, 0.2) is 0 Å². The van der Waals surface area contributed by atoms with Crippen molar-refractivity contribution in [3.8, 4) is 5.75 Å². The lowest BCUT2D eigenvalue weighted by Gasteiger charge is -2.40. The second kappa shape index (κ2) is 5.60. The van der Waals surface area contributed by atoms with E-state index in [9.17, 15) is 9.50 Å². The van der Waals surface area contributed by atoms with Crippen molar-refractivity contribution in [2.75, 3.05) is 0 Å². The Hall–Kier alpha value is -1.09. The molecule has 1 aliphatic heterocycles. The average Bonchev–Trinajstić information content (AvgIpc) is 2.63. The Morgan fingerprint density at radius 2 is 2.10 bits per heavy atom. The fraction of sp³-hybridized carbons (Fsp3) is 0.667. The normalized spacial score (nSPS) is 32.6. The lowest BCUT2D eigenvalue weighted by atomic mass is 9.82. The molecule has 116 valence electrons. The Morgan fingerprint density at radius 1 is 1.29 bits per heavy atom. The first-order valence-electron chi connectivity index (χ1n) is 8.16. The largest absolute Gasteiger partial charge is 0.487 e. The number of hydrogen-bond donors (Lipinski definition) is 1. The number of hydrogen-bond acceptors (Lipinski definition) is 2. The summed E-state index contributed by atoms with van der Waals surface area (Å²) in [5, 5.41) is 10.4. The van der Waals surface area contributed by atoms with Crippen LogP contribution in [-0.4, -0.2) is 10.7 Å². The van der Waals surface area contributed by atoms with E-state index in [0.29, 0.717) is 23.7 Å². The molecule has 1 aliphatic carbocycles. The maximum atomic E-state index is 13.3. The molecule has 0 amide bonds. The summed E-state index contributed by atoms with van der Waals surface area (Å²) in [5.74, 6) is 1.81. The monoisotopic (exact) mass is 292 g/mol. The SMILES string of the molecule is CC(C)C1CCCC2(CC1)CC(O)c1cc(F)ccc1O2. The third-order valence-corrected chi connectivity index (χ3v) is 5.34. The molecule has 3 heteroatoms. The summed E-state index contributed by atoms with van der Waals surface area (Å²) in [6, 6.07) is 4.48. The van der Waals surface area contributed by atoms with Crippen LogP contribution in [0.4, 0.5) is 4.39 Å². The number of halogens is 1. The number of fused-ring (bicyclic) bond motifs is 1. The Balaban J connectivity index is 1.82. The molecular formula is C18H25FO2. The molecule has 1 aromatic rings. The fourth-order valence-corrected chi connectivity index (χ4v) is 3.99. The highest BCUT2D eigenvalue weighted by atomic mass is 19.1. The minimum atomic E-state index is -0.611. The van der Waals surface area contributed by atoms with Crippen LogP contribution in [0.3, 0.4) is 0 Å². The maximum Gasteiger partial charge on any atom is 0.126 e. The van der Waals surface area contributed by atoms with Gasteiger partial charge in [0.05, 0.1) is 6.10 Å². The van der Waals surface area contributed by atoms with E-state index in [1.807, 2.05) is 0 Å². The third kappa shape index (κ3) is 2.94. The van der Waals surface area contributed by atoms with Crippen LogP contribution in [0.25, 0.3) is 0 Å². The predicted octanol–water partition coefficient (Wildman–Crippen LogP) is 4.62. The number of ether oxygens (including phenoxy) is 1. The molecule has 1 spiro atoms. The molecule has 0 radical (unpaired) electrons. The lowest BCUT2D eigenvalue weighted by molar-refractivity contribution is -0.0255. The molecule has 1 fully saturated rings. The third-order valence-electron chi connectivity index (χ3n) is 5.34. The highest BCUT2D eigenvalue weighted by Crippen LogP contribution is 2.47. The van der Waals surface area contributed by atoms with Crippen LogP contribution < -0.4 is 4.74 Å². The Morgan fingerprint density at radius 3 is 2.86 bits per heavy atom. The van der Waals surface area contributed by atoms with Gasteiger partial charge < -0.3 is 9.84 Å². The highest BCUT2D eigenvalue weighted by molar-refractivity contribution is 5.38. The van der Waals surface area contributed by atoms with Crippen molar-refractivity contribution in [2.24, 2.45) is 11.8 Å². The molecule has 1 heterocycles. The van der Waals surface area contributed by atoms with Gasteiger partial charge in [0.2, 0.25) is 0 Å². The van der Waals surface area contributed by atoms with Crippen LogP contribution in [0.1, 0.15) is 64.0 Å². The van der Waals surface area contributed by atoms with Crippen molar-refractivity contribution in [3.63, 3.8) is 0 Å². The minimum absolute atomic E-state index is 0.256. The van der Waals surface area contributed by atoms with E-state index < -0.39 is 6.10 Å². The summed E-state index contributed by atoms with van der Waals surface area (Å²) in [6.45, 7) is 4.58. The van der Waals surface area contributed by atoms with Crippen LogP contribution in [0, 0.1) is 17.7 Å². The van der Waals surface area contributed by atoms with Crippen LogP contribution >= 0.6 is 0 Å². The van der Waals surface area contributed by atoms with Crippen molar-refractivity contribution in [1.82, 2.24) is 0 Å². The van der Waals surface area contributed by atoms with Crippen molar-refractivity contribution in [1.29, 1.82) is 0 Å². The number of benzene rings is 1. The van der Waals surface area contributed by atoms with Gasteiger partial charge in [-0.3, -0.25) is 0 Å². The van der Waals surface area contributed by atoms with E-state index in [0.717, 1.165) is 31.6 Å². The molecule has 3 rings (SSSR count). The lowest BCUT2D eigenvalue weighted by Crippen LogP contribution is -2.40. The summed E-state index contributed by atoms with van der Waals surface area (Å²) in [4.78, 5) is 0. The van der Waals surface area contributed by atoms with E-state index in [-0.39, 0.29) is 11.4 Å². The van der Waals surface area contributed by atoms with Crippen molar-refractivity contribution < 1.29 is 14.2 Å². The zero-order valence-electron chi connectivity index (χ0n) is 12.9. The molecule has 0 aromatic heterocycles. The van der Waals surface area contributed by atoms with Crippen LogP contribution in [0.2, 0.25) is 0 Å². The Labute approximate surface area is 126 Å². The highest BCUT2D eigenvalue weighted by Gasteiger charge is 2.42. The van der Waals surface area contributed by atoms with Crippen molar-refractivity contribution >= 4 is 0 Å². The second-order valence-corrected chi connectivity index (χ2v) is 7.12. The Bertz CT molecular complexity index is 514. The van der Waals surface area contributed by atoms with Crippen LogP contribution in [0.5, 0.6) is 5.75 Å². The van der Waals surface area contributed by atoms with Crippen molar-refractivity contribution in [2.45, 2.75) is 64.1 Å². The topological polar surface area (TPSA) is 29.5 Å². The first kappa shape index (κ1) is 14.8. The quantitative estimate of drug-likeness (QED) is 0.818. The molecule has 3 atom stereocenters. The summed E-state index contributed by atoms with van der Waals surface area (Å²) in [5.41, 5.74) is 0.346. The van der Waals surface area contributed by atoms with Crippen molar-refractivity contribution in [3.05, 3.63) is 29.6 Å². The van der Waals surface area contributed by atoms with Gasteiger partial charge in [-0.2, -0.15) is 0 Å². The molecule has 1 aromatic carbocycles. The first-order valence-corrected chi connectivity index (χ1v) is 8.16. The van der Waals surface area contributed by atoms with Gasteiger partial charge >= 0.3 is 0 Å². The van der Waals surface area contributed by atoms with E-state index in [1.165, 1.54) is 18.6 Å². The minimum Gasteiger partial charge on any atom is -0.487 e. The summed E-state index contributed by atoms with van der Waals surface area (Å²) < 4.78 is 19.6. The zero-order valence-corrected chi connectivity index (χ0v) is 12.9. The summed E-state index contributed by atoms with van der Waals surface area (Å²) in [6.07, 6.45) is 5.50. The first-order chi connectivity index (χ1) is 9.99. The van der Waals surface area contributed by atoms with Crippen LogP contribution in [-0.2, 0) is 0 Å². The van der Waals surface area contributed by atoms with E-state index in [2.05, 4.69) is 13.8 Å². The maximum absolute atomic E-state index is 13.3. The number of aliphatic hydroxyl groups excluding tert-OH is 1. The number of rotatable bonds is 1. The molecular weight excluding hydrogens is 267 g/mol. The standard InChI is InChI=1S/C18H25FO2/c1-12(2)13-4-3-8-18(9-7-13)11-16(20)15-10-14(19)5-6-17(15)21-18/h5-6,10,12-13,16,20H,3-4,7-9,11H2,1-2H3. The molecule has 2 nitrogen and oxygen atoms in total. The van der Waals surface area contributed by atoms with Crippen LogP contribution in [0.15, 0.2) is 18.2 Å². The van der Waals surface area contributed by atoms with Gasteiger partial charge in [-0.05, 0) is 55.7 Å².